The first kappa shape index (κ1) is 15.9. The van der Waals surface area contributed by atoms with Crippen LogP contribution in [0.4, 0.5) is 0 Å². The van der Waals surface area contributed by atoms with Gasteiger partial charge in [0.05, 0.1) is 25.4 Å². The summed E-state index contributed by atoms with van der Waals surface area (Å²) in [6.45, 7) is 7.82. The molecule has 2 aliphatic heterocycles. The fourth-order valence-corrected chi connectivity index (χ4v) is 8.56. The van der Waals surface area contributed by atoms with Crippen molar-refractivity contribution in [3.05, 3.63) is 0 Å². The molecule has 2 saturated heterocycles. The maximum Gasteiger partial charge on any atom is 0.174 e. The molecule has 0 amide bonds. The van der Waals surface area contributed by atoms with Crippen LogP contribution < -0.4 is 0 Å². The minimum Gasteiger partial charge on any atom is -0.370 e. The normalized spacial score (nSPS) is 58.8. The van der Waals surface area contributed by atoms with E-state index in [0.29, 0.717) is 11.0 Å². The number of fused-ring (bicyclic) bond motifs is 6. The summed E-state index contributed by atoms with van der Waals surface area (Å²) in [5.41, 5.74) is 1.14. The lowest BCUT2D eigenvalue weighted by Crippen LogP contribution is -2.57. The van der Waals surface area contributed by atoms with E-state index in [2.05, 4.69) is 13.8 Å². The van der Waals surface area contributed by atoms with E-state index in [1.165, 1.54) is 51.4 Å². The van der Waals surface area contributed by atoms with Crippen molar-refractivity contribution in [3.8, 4) is 0 Å². The van der Waals surface area contributed by atoms with Crippen molar-refractivity contribution in [1.82, 2.24) is 0 Å². The molecule has 6 fully saturated rings. The molecule has 0 N–H and O–H groups in total. The Labute approximate surface area is 152 Å². The standard InChI is InChI=1S/C22H34O3/c1-19-9-10-21(14-25-21)13-15(19)3-4-16-17(19)5-7-20(2)18(16)6-8-22(20)23-11-12-24-22/h15-18H,3-14H2,1-2H3/t15-,16+,17-,18-,19-,20-,21+/m0/s1. The van der Waals surface area contributed by atoms with E-state index < -0.39 is 0 Å². The third-order valence-corrected chi connectivity index (χ3v) is 10.2. The molecule has 25 heavy (non-hydrogen) atoms. The summed E-state index contributed by atoms with van der Waals surface area (Å²) >= 11 is 0. The molecule has 4 saturated carbocycles. The van der Waals surface area contributed by atoms with Crippen molar-refractivity contribution in [2.24, 2.45) is 34.5 Å². The lowest BCUT2D eigenvalue weighted by atomic mass is 9.44. The molecule has 3 nitrogen and oxygen atoms in total. The van der Waals surface area contributed by atoms with Crippen molar-refractivity contribution in [2.45, 2.75) is 83.0 Å². The van der Waals surface area contributed by atoms with Crippen LogP contribution in [0.5, 0.6) is 0 Å². The number of rotatable bonds is 0. The van der Waals surface area contributed by atoms with E-state index in [0.717, 1.165) is 49.9 Å². The highest BCUT2D eigenvalue weighted by atomic mass is 16.7. The fourth-order valence-electron chi connectivity index (χ4n) is 8.56. The van der Waals surface area contributed by atoms with Gasteiger partial charge in [-0.25, -0.2) is 0 Å². The Morgan fingerprint density at radius 1 is 0.760 bits per heavy atom. The summed E-state index contributed by atoms with van der Waals surface area (Å²) in [5, 5.41) is 0. The second-order valence-corrected chi connectivity index (χ2v) is 10.8. The molecule has 6 rings (SSSR count). The van der Waals surface area contributed by atoms with Crippen LogP contribution in [-0.2, 0) is 14.2 Å². The third kappa shape index (κ3) is 1.88. The van der Waals surface area contributed by atoms with E-state index >= 15 is 0 Å². The number of hydrogen-bond donors (Lipinski definition) is 0. The molecule has 6 aliphatic rings. The van der Waals surface area contributed by atoms with Gasteiger partial charge in [-0.1, -0.05) is 13.8 Å². The van der Waals surface area contributed by atoms with E-state index in [1.807, 2.05) is 0 Å². The minimum absolute atomic E-state index is 0.237. The molecule has 7 atom stereocenters. The zero-order chi connectivity index (χ0) is 16.9. The summed E-state index contributed by atoms with van der Waals surface area (Å²) in [7, 11) is 0. The zero-order valence-corrected chi connectivity index (χ0v) is 16.0. The Kier molecular flexibility index (Phi) is 3.07. The highest BCUT2D eigenvalue weighted by Crippen LogP contribution is 2.70. The van der Waals surface area contributed by atoms with Crippen molar-refractivity contribution >= 4 is 0 Å². The van der Waals surface area contributed by atoms with Gasteiger partial charge >= 0.3 is 0 Å². The minimum atomic E-state index is -0.237. The molecule has 4 aliphatic carbocycles. The molecule has 140 valence electrons. The van der Waals surface area contributed by atoms with Gasteiger partial charge in [-0.2, -0.15) is 0 Å². The van der Waals surface area contributed by atoms with Crippen LogP contribution in [0.25, 0.3) is 0 Å². The van der Waals surface area contributed by atoms with E-state index in [9.17, 15) is 0 Å². The summed E-state index contributed by atoms with van der Waals surface area (Å²) in [5.74, 6) is 3.32. The monoisotopic (exact) mass is 346 g/mol. The number of epoxide rings is 1. The molecule has 2 spiro atoms. The van der Waals surface area contributed by atoms with Gasteiger partial charge in [-0.15, -0.1) is 0 Å². The van der Waals surface area contributed by atoms with Gasteiger partial charge in [0.25, 0.3) is 0 Å². The molecule has 0 aromatic carbocycles. The maximum absolute atomic E-state index is 6.28. The average molecular weight is 347 g/mol. The highest BCUT2D eigenvalue weighted by Gasteiger charge is 2.68. The summed E-state index contributed by atoms with van der Waals surface area (Å²) in [6.07, 6.45) is 12.1. The second-order valence-electron chi connectivity index (χ2n) is 10.8. The van der Waals surface area contributed by atoms with Gasteiger partial charge < -0.3 is 14.2 Å². The van der Waals surface area contributed by atoms with E-state index in [1.54, 1.807) is 0 Å². The lowest BCUT2D eigenvalue weighted by molar-refractivity contribution is -0.247. The largest absolute Gasteiger partial charge is 0.370 e. The zero-order valence-electron chi connectivity index (χ0n) is 16.0. The summed E-state index contributed by atoms with van der Waals surface area (Å²) < 4.78 is 18.4. The van der Waals surface area contributed by atoms with E-state index in [-0.39, 0.29) is 11.2 Å². The Hall–Kier alpha value is -0.120. The van der Waals surface area contributed by atoms with Gasteiger partial charge in [0.15, 0.2) is 5.79 Å². The van der Waals surface area contributed by atoms with E-state index in [4.69, 9.17) is 14.2 Å². The molecular weight excluding hydrogens is 312 g/mol. The van der Waals surface area contributed by atoms with Crippen molar-refractivity contribution in [1.29, 1.82) is 0 Å². The fraction of sp³-hybridized carbons (Fsp3) is 1.00. The number of hydrogen-bond acceptors (Lipinski definition) is 3. The average Bonchev–Trinajstić information content (AvgIpc) is 3.06. The van der Waals surface area contributed by atoms with Gasteiger partial charge in [0.2, 0.25) is 0 Å². The van der Waals surface area contributed by atoms with Gasteiger partial charge in [-0.3, -0.25) is 0 Å². The Bertz CT molecular complexity index is 578. The Balaban J connectivity index is 1.31. The molecular formula is C22H34O3. The quantitative estimate of drug-likeness (QED) is 0.603. The summed E-state index contributed by atoms with van der Waals surface area (Å²) in [6, 6.07) is 0. The smallest absolute Gasteiger partial charge is 0.174 e. The molecule has 0 bridgehead atoms. The van der Waals surface area contributed by atoms with Crippen molar-refractivity contribution in [3.63, 3.8) is 0 Å². The first-order chi connectivity index (χ1) is 12.0. The van der Waals surface area contributed by atoms with Crippen LogP contribution >= 0.6 is 0 Å². The summed E-state index contributed by atoms with van der Waals surface area (Å²) in [4.78, 5) is 0. The third-order valence-electron chi connectivity index (χ3n) is 10.2. The molecule has 0 unspecified atom stereocenters. The van der Waals surface area contributed by atoms with Crippen LogP contribution in [0, 0.1) is 34.5 Å². The first-order valence-electron chi connectivity index (χ1n) is 10.9. The molecule has 3 heteroatoms. The van der Waals surface area contributed by atoms with Gasteiger partial charge in [-0.05, 0) is 80.5 Å². The Morgan fingerprint density at radius 2 is 1.52 bits per heavy atom. The predicted molar refractivity (Wildman–Crippen MR) is 95.0 cm³/mol. The second kappa shape index (κ2) is 4.83. The molecule has 0 radical (unpaired) electrons. The maximum atomic E-state index is 6.28. The SMILES string of the molecule is C[C@]12CC[C@]3(CO3)C[C@@H]1CC[C@@H]1[C@@H]2CC[C@@]2(C)[C@H]1CCC21OCCO1. The van der Waals surface area contributed by atoms with Gasteiger partial charge in [0, 0.05) is 11.8 Å². The molecule has 0 aromatic rings. The lowest BCUT2D eigenvalue weighted by Gasteiger charge is -2.61. The van der Waals surface area contributed by atoms with Crippen molar-refractivity contribution < 1.29 is 14.2 Å². The van der Waals surface area contributed by atoms with Crippen LogP contribution in [0.3, 0.4) is 0 Å². The Morgan fingerprint density at radius 3 is 2.28 bits per heavy atom. The molecule has 0 aromatic heterocycles. The predicted octanol–water partition coefficient (Wildman–Crippen LogP) is 4.54. The number of ether oxygens (including phenoxy) is 3. The van der Waals surface area contributed by atoms with Crippen LogP contribution in [-0.4, -0.2) is 31.2 Å². The van der Waals surface area contributed by atoms with Crippen molar-refractivity contribution in [2.75, 3.05) is 19.8 Å². The van der Waals surface area contributed by atoms with Crippen LogP contribution in [0.1, 0.15) is 71.6 Å². The van der Waals surface area contributed by atoms with Crippen LogP contribution in [0.2, 0.25) is 0 Å². The highest BCUT2D eigenvalue weighted by molar-refractivity contribution is 5.14. The topological polar surface area (TPSA) is 31.0 Å². The van der Waals surface area contributed by atoms with Crippen LogP contribution in [0.15, 0.2) is 0 Å². The first-order valence-corrected chi connectivity index (χ1v) is 10.9. The van der Waals surface area contributed by atoms with Gasteiger partial charge in [0.1, 0.15) is 0 Å². The molecule has 2 heterocycles.